The Morgan fingerprint density at radius 1 is 1.43 bits per heavy atom. The van der Waals surface area contributed by atoms with Gasteiger partial charge in [-0.25, -0.2) is 17.8 Å². The van der Waals surface area contributed by atoms with E-state index in [9.17, 15) is 8.42 Å². The lowest BCUT2D eigenvalue weighted by Gasteiger charge is -2.23. The molecule has 0 unspecified atom stereocenters. The van der Waals surface area contributed by atoms with Gasteiger partial charge in [-0.3, -0.25) is 0 Å². The first-order valence-electron chi connectivity index (χ1n) is 7.33. The average Bonchev–Trinajstić information content (AvgIpc) is 2.77. The van der Waals surface area contributed by atoms with Gasteiger partial charge in [0, 0.05) is 30.5 Å². The summed E-state index contributed by atoms with van der Waals surface area (Å²) < 4.78 is 30.0. The molecule has 2 N–H and O–H groups in total. The topological polar surface area (TPSA) is 88.9 Å². The minimum atomic E-state index is -3.70. The molecule has 1 fully saturated rings. The van der Waals surface area contributed by atoms with Crippen LogP contribution in [0.15, 0.2) is 27.6 Å². The number of benzene rings is 1. The molecule has 0 atom stereocenters. The molecule has 0 spiro atoms. The molecule has 0 saturated carbocycles. The van der Waals surface area contributed by atoms with Crippen molar-refractivity contribution in [2.75, 3.05) is 17.8 Å². The second-order valence-corrected chi connectivity index (χ2v) is 8.02. The highest BCUT2D eigenvalue weighted by molar-refractivity contribution is 9.10. The number of hydrogen-bond donors (Lipinski definition) is 2. The van der Waals surface area contributed by atoms with Crippen molar-refractivity contribution in [2.45, 2.75) is 24.2 Å². The van der Waals surface area contributed by atoms with Crippen LogP contribution in [-0.4, -0.2) is 36.3 Å². The maximum atomic E-state index is 12.6. The van der Waals surface area contributed by atoms with E-state index in [0.717, 1.165) is 29.5 Å². The summed E-state index contributed by atoms with van der Waals surface area (Å²) >= 11 is 3.42. The number of rotatable bonds is 5. The van der Waals surface area contributed by atoms with Gasteiger partial charge in [0.15, 0.2) is 5.82 Å². The summed E-state index contributed by atoms with van der Waals surface area (Å²) in [6, 6.07) is 4.98. The first-order valence-corrected chi connectivity index (χ1v) is 9.61. The van der Waals surface area contributed by atoms with Crippen molar-refractivity contribution >= 4 is 31.9 Å². The van der Waals surface area contributed by atoms with Crippen LogP contribution in [0.2, 0.25) is 0 Å². The third-order valence-electron chi connectivity index (χ3n) is 3.86. The van der Waals surface area contributed by atoms with Crippen LogP contribution in [0.25, 0.3) is 0 Å². The van der Waals surface area contributed by atoms with E-state index in [1.54, 1.807) is 25.2 Å². The van der Waals surface area contributed by atoms with Gasteiger partial charge in [-0.15, -0.1) is 0 Å². The third-order valence-corrected chi connectivity index (χ3v) is 5.96. The van der Waals surface area contributed by atoms with Crippen molar-refractivity contribution < 1.29 is 8.42 Å². The Kier molecular flexibility index (Phi) is 4.43. The van der Waals surface area contributed by atoms with Crippen molar-refractivity contribution in [3.8, 4) is 0 Å². The van der Waals surface area contributed by atoms with Gasteiger partial charge in [0.2, 0.25) is 5.95 Å². The summed E-state index contributed by atoms with van der Waals surface area (Å²) in [6.07, 6.45) is 0.743. The van der Waals surface area contributed by atoms with E-state index in [4.69, 9.17) is 0 Å². The van der Waals surface area contributed by atoms with Crippen molar-refractivity contribution in [1.29, 1.82) is 0 Å². The zero-order valence-electron chi connectivity index (χ0n) is 12.9. The molecule has 0 radical (unpaired) electrons. The lowest BCUT2D eigenvalue weighted by molar-refractivity contribution is 0.428. The SMILES string of the molecule is CCc1cc(S(=O)(=O)Nc2nc(C3CNC3)nn2C)ccc1Br. The second-order valence-electron chi connectivity index (χ2n) is 5.48. The quantitative estimate of drug-likeness (QED) is 0.797. The Labute approximate surface area is 143 Å². The maximum Gasteiger partial charge on any atom is 0.264 e. The highest BCUT2D eigenvalue weighted by Gasteiger charge is 2.26. The number of hydrogen-bond acceptors (Lipinski definition) is 5. The van der Waals surface area contributed by atoms with Crippen LogP contribution in [0.3, 0.4) is 0 Å². The standard InChI is InChI=1S/C14H18BrN5O2S/c1-3-9-6-11(4-5-12(9)15)23(21,22)19-14-17-13(18-20(14)2)10-7-16-8-10/h4-6,10,16H,3,7-8H2,1-2H3,(H,17,18,19). The fourth-order valence-electron chi connectivity index (χ4n) is 2.31. The van der Waals surface area contributed by atoms with Gasteiger partial charge in [-0.05, 0) is 30.2 Å². The first-order chi connectivity index (χ1) is 10.9. The van der Waals surface area contributed by atoms with E-state index in [1.165, 1.54) is 4.68 Å². The molecule has 9 heteroatoms. The highest BCUT2D eigenvalue weighted by Crippen LogP contribution is 2.23. The molecule has 1 aliphatic heterocycles. The molecule has 0 aliphatic carbocycles. The molecule has 1 aromatic heterocycles. The first kappa shape index (κ1) is 16.4. The van der Waals surface area contributed by atoms with E-state index in [-0.39, 0.29) is 16.8 Å². The summed E-state index contributed by atoms with van der Waals surface area (Å²) in [5, 5.41) is 7.44. The smallest absolute Gasteiger partial charge is 0.264 e. The molecular weight excluding hydrogens is 382 g/mol. The van der Waals surface area contributed by atoms with Gasteiger partial charge in [0.25, 0.3) is 10.0 Å². The molecule has 0 amide bonds. The number of sulfonamides is 1. The van der Waals surface area contributed by atoms with E-state index >= 15 is 0 Å². The van der Waals surface area contributed by atoms with Crippen LogP contribution in [-0.2, 0) is 23.5 Å². The molecule has 1 aromatic carbocycles. The van der Waals surface area contributed by atoms with Crippen molar-refractivity contribution in [2.24, 2.45) is 7.05 Å². The number of aryl methyl sites for hydroxylation is 2. The molecule has 2 heterocycles. The van der Waals surface area contributed by atoms with E-state index in [0.29, 0.717) is 5.82 Å². The van der Waals surface area contributed by atoms with E-state index in [1.807, 2.05) is 6.92 Å². The zero-order chi connectivity index (χ0) is 16.6. The molecule has 2 aromatic rings. The molecule has 23 heavy (non-hydrogen) atoms. The molecule has 124 valence electrons. The van der Waals surface area contributed by atoms with E-state index < -0.39 is 10.0 Å². The summed E-state index contributed by atoms with van der Waals surface area (Å²) in [5.74, 6) is 1.14. The number of halogens is 1. The fraction of sp³-hybridized carbons (Fsp3) is 0.429. The second kappa shape index (κ2) is 6.21. The van der Waals surface area contributed by atoms with Gasteiger partial charge >= 0.3 is 0 Å². The minimum Gasteiger partial charge on any atom is -0.315 e. The largest absolute Gasteiger partial charge is 0.315 e. The van der Waals surface area contributed by atoms with Crippen molar-refractivity contribution in [3.63, 3.8) is 0 Å². The summed E-state index contributed by atoms with van der Waals surface area (Å²) in [7, 11) is -2.02. The van der Waals surface area contributed by atoms with Crippen LogP contribution in [0, 0.1) is 0 Å². The van der Waals surface area contributed by atoms with Crippen LogP contribution < -0.4 is 10.0 Å². The number of aromatic nitrogens is 3. The predicted octanol–water partition coefficient (Wildman–Crippen LogP) is 1.63. The molecule has 1 aliphatic rings. The van der Waals surface area contributed by atoms with Crippen molar-refractivity contribution in [1.82, 2.24) is 20.1 Å². The normalized spacial score (nSPS) is 15.4. The molecule has 0 bridgehead atoms. The Morgan fingerprint density at radius 3 is 2.78 bits per heavy atom. The monoisotopic (exact) mass is 399 g/mol. The van der Waals surface area contributed by atoms with Crippen LogP contribution in [0.4, 0.5) is 5.95 Å². The molecule has 7 nitrogen and oxygen atoms in total. The van der Waals surface area contributed by atoms with Crippen LogP contribution in [0.5, 0.6) is 0 Å². The number of nitrogens with one attached hydrogen (secondary N) is 2. The number of nitrogens with zero attached hydrogens (tertiary/aromatic N) is 3. The minimum absolute atomic E-state index is 0.215. The molecule has 1 saturated heterocycles. The van der Waals surface area contributed by atoms with E-state index in [2.05, 4.69) is 36.1 Å². The third kappa shape index (κ3) is 3.26. The lowest BCUT2D eigenvalue weighted by Crippen LogP contribution is -2.40. The fourth-order valence-corrected chi connectivity index (χ4v) is 3.91. The Hall–Kier alpha value is -1.45. The van der Waals surface area contributed by atoms with Gasteiger partial charge < -0.3 is 5.32 Å². The summed E-state index contributed by atoms with van der Waals surface area (Å²) in [4.78, 5) is 4.53. The Bertz CT molecular complexity index is 830. The molecular formula is C14H18BrN5O2S. The summed E-state index contributed by atoms with van der Waals surface area (Å²) in [6.45, 7) is 3.62. The van der Waals surface area contributed by atoms with Gasteiger partial charge in [-0.1, -0.05) is 22.9 Å². The lowest BCUT2D eigenvalue weighted by atomic mass is 10.0. The average molecular weight is 400 g/mol. The maximum absolute atomic E-state index is 12.6. The van der Waals surface area contributed by atoms with Gasteiger partial charge in [-0.2, -0.15) is 10.1 Å². The Morgan fingerprint density at radius 2 is 2.17 bits per heavy atom. The highest BCUT2D eigenvalue weighted by atomic mass is 79.9. The number of anilines is 1. The summed E-state index contributed by atoms with van der Waals surface area (Å²) in [5.41, 5.74) is 0.937. The van der Waals surface area contributed by atoms with Crippen molar-refractivity contribution in [3.05, 3.63) is 34.1 Å². The zero-order valence-corrected chi connectivity index (χ0v) is 15.3. The van der Waals surface area contributed by atoms with Gasteiger partial charge in [0.1, 0.15) is 0 Å². The predicted molar refractivity (Wildman–Crippen MR) is 90.9 cm³/mol. The Balaban J connectivity index is 1.87. The van der Waals surface area contributed by atoms with Crippen LogP contribution in [0.1, 0.15) is 24.2 Å². The molecule has 3 rings (SSSR count). The van der Waals surface area contributed by atoms with Crippen LogP contribution >= 0.6 is 15.9 Å². The van der Waals surface area contributed by atoms with Gasteiger partial charge in [0.05, 0.1) is 4.90 Å².